The first-order valence-corrected chi connectivity index (χ1v) is 7.42. The minimum absolute atomic E-state index is 0.0261. The molecule has 2 heterocycles. The number of hydrogen-bond acceptors (Lipinski definition) is 4. The number of rotatable bonds is 3. The highest BCUT2D eigenvalue weighted by Gasteiger charge is 2.38. The third-order valence-corrected chi connectivity index (χ3v) is 4.12. The van der Waals surface area contributed by atoms with E-state index in [1.165, 1.54) is 22.8 Å². The number of benzene rings is 1. The minimum Gasteiger partial charge on any atom is -0.481 e. The third-order valence-electron chi connectivity index (χ3n) is 4.12. The summed E-state index contributed by atoms with van der Waals surface area (Å²) in [6.07, 6.45) is -0.678. The molecular formula is C16H17F2N3O3. The molecule has 1 aromatic heterocycles. The number of carbonyl (C=O) groups is 1. The van der Waals surface area contributed by atoms with Crippen LogP contribution in [0.2, 0.25) is 0 Å². The lowest BCUT2D eigenvalue weighted by Crippen LogP contribution is -2.32. The summed E-state index contributed by atoms with van der Waals surface area (Å²) >= 11 is 0. The zero-order valence-electron chi connectivity index (χ0n) is 13.2. The van der Waals surface area contributed by atoms with E-state index in [9.17, 15) is 18.7 Å². The molecule has 1 aliphatic heterocycles. The number of aliphatic hydroxyl groups excluding tert-OH is 1. The quantitative estimate of drug-likeness (QED) is 0.925. The Morgan fingerprint density at radius 2 is 2.12 bits per heavy atom. The summed E-state index contributed by atoms with van der Waals surface area (Å²) in [7, 11) is 3.08. The molecule has 0 bridgehead atoms. The van der Waals surface area contributed by atoms with Crippen molar-refractivity contribution >= 4 is 5.91 Å². The fraction of sp³-hybridized carbons (Fsp3) is 0.375. The Morgan fingerprint density at radius 1 is 1.38 bits per heavy atom. The Morgan fingerprint density at radius 3 is 2.79 bits per heavy atom. The minimum atomic E-state index is -0.813. The molecule has 2 atom stereocenters. The number of amides is 1. The van der Waals surface area contributed by atoms with Crippen LogP contribution in [0.5, 0.6) is 5.88 Å². The smallest absolute Gasteiger partial charge is 0.275 e. The van der Waals surface area contributed by atoms with Crippen LogP contribution in [0.4, 0.5) is 8.78 Å². The average molecular weight is 337 g/mol. The van der Waals surface area contributed by atoms with Crippen molar-refractivity contribution in [2.75, 3.05) is 13.7 Å². The normalized spacial score (nSPS) is 20.5. The second-order valence-electron chi connectivity index (χ2n) is 5.72. The molecule has 3 rings (SSSR count). The third kappa shape index (κ3) is 2.84. The number of carbonyl (C=O) groups excluding carboxylic acids is 1. The molecule has 2 aromatic rings. The van der Waals surface area contributed by atoms with Crippen LogP contribution in [0, 0.1) is 11.6 Å². The Hall–Kier alpha value is -2.48. The highest BCUT2D eigenvalue weighted by Crippen LogP contribution is 2.35. The number of aromatic nitrogens is 2. The van der Waals surface area contributed by atoms with Crippen molar-refractivity contribution in [2.24, 2.45) is 7.05 Å². The molecule has 1 aliphatic rings. The molecule has 1 N–H and O–H groups in total. The van der Waals surface area contributed by atoms with Gasteiger partial charge in [-0.25, -0.2) is 13.5 Å². The lowest BCUT2D eigenvalue weighted by atomic mass is 10.0. The summed E-state index contributed by atoms with van der Waals surface area (Å²) < 4.78 is 34.0. The van der Waals surface area contributed by atoms with Gasteiger partial charge in [0.05, 0.1) is 19.3 Å². The molecule has 1 saturated heterocycles. The maximum atomic E-state index is 14.1. The van der Waals surface area contributed by atoms with Crippen molar-refractivity contribution < 1.29 is 23.4 Å². The number of halogens is 2. The predicted octanol–water partition coefficient (Wildman–Crippen LogP) is 1.66. The standard InChI is InChI=1S/C16H17F2N3O3/c1-20-15(24-2)7-13(19-20)16(23)21-8-10(22)6-14(21)11-5-9(17)3-4-12(11)18/h3-5,7,10,14,22H,6,8H2,1-2H3/t10-,14+/m0/s1. The molecule has 6 nitrogen and oxygen atoms in total. The van der Waals surface area contributed by atoms with E-state index in [1.54, 1.807) is 7.05 Å². The first-order chi connectivity index (χ1) is 11.4. The van der Waals surface area contributed by atoms with Crippen molar-refractivity contribution in [2.45, 2.75) is 18.6 Å². The zero-order valence-corrected chi connectivity index (χ0v) is 13.2. The van der Waals surface area contributed by atoms with Gasteiger partial charge in [0.25, 0.3) is 5.91 Å². The van der Waals surface area contributed by atoms with Gasteiger partial charge in [-0.2, -0.15) is 5.10 Å². The Bertz CT molecular complexity index is 778. The van der Waals surface area contributed by atoms with Crippen LogP contribution in [0.3, 0.4) is 0 Å². The second kappa shape index (κ2) is 6.20. The lowest BCUT2D eigenvalue weighted by Gasteiger charge is -2.24. The van der Waals surface area contributed by atoms with Gasteiger partial charge in [-0.15, -0.1) is 0 Å². The molecule has 0 radical (unpaired) electrons. The summed E-state index contributed by atoms with van der Waals surface area (Å²) in [5.41, 5.74) is 0.160. The van der Waals surface area contributed by atoms with Gasteiger partial charge in [0, 0.05) is 25.2 Å². The van der Waals surface area contributed by atoms with Crippen LogP contribution in [0.15, 0.2) is 24.3 Å². The molecule has 1 amide bonds. The molecule has 24 heavy (non-hydrogen) atoms. The van der Waals surface area contributed by atoms with Gasteiger partial charge in [0.1, 0.15) is 11.6 Å². The molecular weight excluding hydrogens is 320 g/mol. The summed E-state index contributed by atoms with van der Waals surface area (Å²) in [6, 6.07) is 3.79. The fourth-order valence-electron chi connectivity index (χ4n) is 3.00. The van der Waals surface area contributed by atoms with Crippen LogP contribution >= 0.6 is 0 Å². The maximum absolute atomic E-state index is 14.1. The molecule has 1 fully saturated rings. The van der Waals surface area contributed by atoms with Crippen molar-refractivity contribution in [3.8, 4) is 5.88 Å². The van der Waals surface area contributed by atoms with Gasteiger partial charge < -0.3 is 14.7 Å². The van der Waals surface area contributed by atoms with Crippen molar-refractivity contribution in [3.05, 3.63) is 47.2 Å². The Kier molecular flexibility index (Phi) is 4.23. The molecule has 0 saturated carbocycles. The molecule has 0 unspecified atom stereocenters. The molecule has 0 spiro atoms. The van der Waals surface area contributed by atoms with Gasteiger partial charge >= 0.3 is 0 Å². The number of ether oxygens (including phenoxy) is 1. The number of likely N-dealkylation sites (tertiary alicyclic amines) is 1. The zero-order chi connectivity index (χ0) is 17.4. The monoisotopic (exact) mass is 337 g/mol. The maximum Gasteiger partial charge on any atom is 0.275 e. The highest BCUT2D eigenvalue weighted by atomic mass is 19.1. The Balaban J connectivity index is 1.95. The molecule has 8 heteroatoms. The molecule has 0 aliphatic carbocycles. The summed E-state index contributed by atoms with van der Waals surface area (Å²) in [5.74, 6) is -1.29. The van der Waals surface area contributed by atoms with Crippen LogP contribution in [-0.4, -0.2) is 45.5 Å². The van der Waals surface area contributed by atoms with Crippen LogP contribution in [0.25, 0.3) is 0 Å². The highest BCUT2D eigenvalue weighted by molar-refractivity contribution is 5.93. The van der Waals surface area contributed by atoms with Gasteiger partial charge in [0.15, 0.2) is 5.69 Å². The Labute approximate surface area is 137 Å². The van der Waals surface area contributed by atoms with Crippen molar-refractivity contribution in [1.82, 2.24) is 14.7 Å². The van der Waals surface area contributed by atoms with Crippen LogP contribution < -0.4 is 4.74 Å². The number of nitrogens with zero attached hydrogens (tertiary/aromatic N) is 3. The summed E-state index contributed by atoms with van der Waals surface area (Å²) in [6.45, 7) is 0.0261. The molecule has 1 aromatic carbocycles. The number of methoxy groups -OCH3 is 1. The van der Waals surface area contributed by atoms with E-state index < -0.39 is 29.7 Å². The largest absolute Gasteiger partial charge is 0.481 e. The summed E-state index contributed by atoms with van der Waals surface area (Å²) in [4.78, 5) is 14.0. The van der Waals surface area contributed by atoms with Crippen LogP contribution in [0.1, 0.15) is 28.5 Å². The van der Waals surface area contributed by atoms with E-state index >= 15 is 0 Å². The van der Waals surface area contributed by atoms with E-state index in [0.717, 1.165) is 18.2 Å². The predicted molar refractivity (Wildman–Crippen MR) is 80.5 cm³/mol. The van der Waals surface area contributed by atoms with Gasteiger partial charge in [0.2, 0.25) is 5.88 Å². The number of β-amino-alcohol motifs (C(OH)–C–C–N with tert-alkyl or cyclic N) is 1. The first-order valence-electron chi connectivity index (χ1n) is 7.42. The van der Waals surface area contributed by atoms with Crippen molar-refractivity contribution in [3.63, 3.8) is 0 Å². The molecule has 128 valence electrons. The number of aliphatic hydroxyl groups is 1. The fourth-order valence-corrected chi connectivity index (χ4v) is 3.00. The van der Waals surface area contributed by atoms with E-state index in [1.807, 2.05) is 0 Å². The van der Waals surface area contributed by atoms with E-state index in [-0.39, 0.29) is 24.2 Å². The number of aryl methyl sites for hydroxylation is 1. The lowest BCUT2D eigenvalue weighted by molar-refractivity contribution is 0.0707. The first kappa shape index (κ1) is 16.4. The SMILES string of the molecule is COc1cc(C(=O)N2C[C@@H](O)C[C@@H]2c2cc(F)ccc2F)nn1C. The van der Waals surface area contributed by atoms with Gasteiger partial charge in [-0.05, 0) is 24.6 Å². The van der Waals surface area contributed by atoms with Gasteiger partial charge in [-0.1, -0.05) is 0 Å². The summed E-state index contributed by atoms with van der Waals surface area (Å²) in [5, 5.41) is 14.0. The van der Waals surface area contributed by atoms with Gasteiger partial charge in [-0.3, -0.25) is 4.79 Å². The number of hydrogen-bond donors (Lipinski definition) is 1. The van der Waals surface area contributed by atoms with E-state index in [4.69, 9.17) is 4.74 Å². The second-order valence-corrected chi connectivity index (χ2v) is 5.72. The van der Waals surface area contributed by atoms with Crippen molar-refractivity contribution in [1.29, 1.82) is 0 Å². The topological polar surface area (TPSA) is 67.6 Å². The van der Waals surface area contributed by atoms with Crippen LogP contribution in [-0.2, 0) is 7.05 Å². The van der Waals surface area contributed by atoms with E-state index in [2.05, 4.69) is 5.10 Å². The average Bonchev–Trinajstić information content (AvgIpc) is 3.11. The van der Waals surface area contributed by atoms with E-state index in [0.29, 0.717) is 5.88 Å².